The van der Waals surface area contributed by atoms with Crippen LogP contribution in [-0.2, 0) is 0 Å². The van der Waals surface area contributed by atoms with Gasteiger partial charge in [0, 0.05) is 11.7 Å². The van der Waals surface area contributed by atoms with Crippen LogP contribution in [0.4, 0.5) is 0 Å². The lowest BCUT2D eigenvalue weighted by Crippen LogP contribution is -2.34. The Balaban J connectivity index is 4.08. The van der Waals surface area contributed by atoms with Crippen molar-refractivity contribution in [2.24, 2.45) is 11.8 Å². The summed E-state index contributed by atoms with van der Waals surface area (Å²) in [4.78, 5) is 0. The lowest BCUT2D eigenvalue weighted by atomic mass is 9.86. The van der Waals surface area contributed by atoms with Crippen LogP contribution in [0.3, 0.4) is 0 Å². The summed E-state index contributed by atoms with van der Waals surface area (Å²) in [6, 6.07) is 0.496. The Bertz CT molecular complexity index is 205. The fourth-order valence-corrected chi connectivity index (χ4v) is 1.88. The van der Waals surface area contributed by atoms with E-state index in [1.54, 1.807) is 0 Å². The van der Waals surface area contributed by atoms with Gasteiger partial charge >= 0.3 is 0 Å². The second-order valence-corrected chi connectivity index (χ2v) is 4.58. The molecule has 3 unspecified atom stereocenters. The largest absolute Gasteiger partial charge is 0.383 e. The molecule has 88 valence electrons. The smallest absolute Gasteiger partial charge is 0.0265 e. The maximum atomic E-state index is 3.97. The standard InChI is InChI=1S/C14H27N/c1-7-9-11(3)13(5)14(6)15-12(4)10-8-2/h8,10-11,13-15H,4,7,9H2,1-3,5-6H3/b10-8-. The van der Waals surface area contributed by atoms with Crippen LogP contribution in [0, 0.1) is 11.8 Å². The monoisotopic (exact) mass is 209 g/mol. The van der Waals surface area contributed by atoms with Gasteiger partial charge in [-0.25, -0.2) is 0 Å². The Labute approximate surface area is 95.7 Å². The van der Waals surface area contributed by atoms with Crippen molar-refractivity contribution < 1.29 is 0 Å². The first kappa shape index (κ1) is 14.3. The topological polar surface area (TPSA) is 12.0 Å². The van der Waals surface area contributed by atoms with Gasteiger partial charge in [-0.2, -0.15) is 0 Å². The van der Waals surface area contributed by atoms with Gasteiger partial charge in [-0.15, -0.1) is 0 Å². The molecule has 0 aliphatic rings. The van der Waals surface area contributed by atoms with Crippen molar-refractivity contribution in [3.63, 3.8) is 0 Å². The molecule has 0 spiro atoms. The van der Waals surface area contributed by atoms with Crippen molar-refractivity contribution in [2.75, 3.05) is 0 Å². The summed E-state index contributed by atoms with van der Waals surface area (Å²) >= 11 is 0. The molecule has 0 aliphatic carbocycles. The lowest BCUT2D eigenvalue weighted by Gasteiger charge is -2.27. The number of hydrogen-bond acceptors (Lipinski definition) is 1. The summed E-state index contributed by atoms with van der Waals surface area (Å²) in [6.07, 6.45) is 6.62. The predicted octanol–water partition coefficient (Wildman–Crippen LogP) is 4.13. The lowest BCUT2D eigenvalue weighted by molar-refractivity contribution is 0.296. The molecule has 0 rings (SSSR count). The number of hydrogen-bond donors (Lipinski definition) is 1. The molecule has 0 bridgehead atoms. The molecular formula is C14H27N. The van der Waals surface area contributed by atoms with Crippen molar-refractivity contribution in [1.29, 1.82) is 0 Å². The van der Waals surface area contributed by atoms with E-state index in [0.29, 0.717) is 12.0 Å². The van der Waals surface area contributed by atoms with Gasteiger partial charge < -0.3 is 5.32 Å². The minimum Gasteiger partial charge on any atom is -0.383 e. The van der Waals surface area contributed by atoms with E-state index < -0.39 is 0 Å². The van der Waals surface area contributed by atoms with Crippen LogP contribution in [0.1, 0.15) is 47.5 Å². The van der Waals surface area contributed by atoms with Crippen molar-refractivity contribution in [3.8, 4) is 0 Å². The fraction of sp³-hybridized carbons (Fsp3) is 0.714. The normalized spacial score (nSPS) is 17.4. The van der Waals surface area contributed by atoms with Gasteiger partial charge in [0.05, 0.1) is 0 Å². The highest BCUT2D eigenvalue weighted by molar-refractivity contribution is 5.12. The van der Waals surface area contributed by atoms with Gasteiger partial charge in [0.2, 0.25) is 0 Å². The van der Waals surface area contributed by atoms with Gasteiger partial charge in [0.15, 0.2) is 0 Å². The van der Waals surface area contributed by atoms with Crippen LogP contribution in [0.2, 0.25) is 0 Å². The fourth-order valence-electron chi connectivity index (χ4n) is 1.88. The molecule has 15 heavy (non-hydrogen) atoms. The summed E-state index contributed by atoms with van der Waals surface area (Å²) in [7, 11) is 0. The first-order chi connectivity index (χ1) is 7.02. The molecule has 0 radical (unpaired) electrons. The molecule has 0 aromatic carbocycles. The van der Waals surface area contributed by atoms with Crippen molar-refractivity contribution in [1.82, 2.24) is 5.32 Å². The Hall–Kier alpha value is -0.720. The number of rotatable bonds is 7. The van der Waals surface area contributed by atoms with Gasteiger partial charge in [-0.05, 0) is 31.8 Å². The number of nitrogens with one attached hydrogen (secondary N) is 1. The van der Waals surface area contributed by atoms with E-state index in [1.165, 1.54) is 12.8 Å². The van der Waals surface area contributed by atoms with Gasteiger partial charge in [-0.3, -0.25) is 0 Å². The van der Waals surface area contributed by atoms with Crippen molar-refractivity contribution >= 4 is 0 Å². The average molecular weight is 209 g/mol. The molecule has 3 atom stereocenters. The van der Waals surface area contributed by atoms with Crippen LogP contribution in [-0.4, -0.2) is 6.04 Å². The Kier molecular flexibility index (Phi) is 7.19. The second kappa shape index (κ2) is 7.56. The molecule has 0 amide bonds. The minimum atomic E-state index is 0.496. The molecule has 0 heterocycles. The molecular weight excluding hydrogens is 182 g/mol. The first-order valence-electron chi connectivity index (χ1n) is 6.11. The maximum Gasteiger partial charge on any atom is 0.0265 e. The summed E-state index contributed by atoms with van der Waals surface area (Å²) < 4.78 is 0. The molecule has 0 aliphatic heterocycles. The van der Waals surface area contributed by atoms with Gasteiger partial charge in [0.25, 0.3) is 0 Å². The average Bonchev–Trinajstić information content (AvgIpc) is 2.17. The Morgan fingerprint density at radius 3 is 2.40 bits per heavy atom. The summed E-state index contributed by atoms with van der Waals surface area (Å²) in [5.41, 5.74) is 1.01. The van der Waals surface area contributed by atoms with Crippen LogP contribution < -0.4 is 5.32 Å². The van der Waals surface area contributed by atoms with E-state index in [4.69, 9.17) is 0 Å². The van der Waals surface area contributed by atoms with E-state index >= 15 is 0 Å². The van der Waals surface area contributed by atoms with Crippen molar-refractivity contribution in [2.45, 2.75) is 53.5 Å². The molecule has 0 aromatic heterocycles. The van der Waals surface area contributed by atoms with E-state index in [2.05, 4.69) is 39.6 Å². The summed E-state index contributed by atoms with van der Waals surface area (Å²) in [6.45, 7) is 15.1. The first-order valence-corrected chi connectivity index (χ1v) is 6.11. The number of allylic oxidation sites excluding steroid dienone is 2. The highest BCUT2D eigenvalue weighted by Crippen LogP contribution is 2.20. The predicted molar refractivity (Wildman–Crippen MR) is 69.8 cm³/mol. The zero-order valence-corrected chi connectivity index (χ0v) is 11.0. The van der Waals surface area contributed by atoms with E-state index in [1.807, 2.05) is 19.1 Å². The summed E-state index contributed by atoms with van der Waals surface area (Å²) in [5, 5.41) is 3.44. The Morgan fingerprint density at radius 2 is 1.93 bits per heavy atom. The van der Waals surface area contributed by atoms with Crippen LogP contribution >= 0.6 is 0 Å². The Morgan fingerprint density at radius 1 is 1.33 bits per heavy atom. The van der Waals surface area contributed by atoms with Crippen LogP contribution in [0.5, 0.6) is 0 Å². The minimum absolute atomic E-state index is 0.496. The SMILES string of the molecule is C=C(/C=C\C)NC(C)C(C)C(C)CCC. The van der Waals surface area contributed by atoms with Crippen LogP contribution in [0.15, 0.2) is 24.4 Å². The molecule has 0 fully saturated rings. The van der Waals surface area contributed by atoms with Gasteiger partial charge in [-0.1, -0.05) is 46.3 Å². The molecule has 0 aromatic rings. The van der Waals surface area contributed by atoms with Gasteiger partial charge in [0.1, 0.15) is 0 Å². The third kappa shape index (κ3) is 5.66. The van der Waals surface area contributed by atoms with Crippen molar-refractivity contribution in [3.05, 3.63) is 24.4 Å². The van der Waals surface area contributed by atoms with E-state index in [0.717, 1.165) is 11.6 Å². The molecule has 0 saturated heterocycles. The molecule has 1 heteroatoms. The quantitative estimate of drug-likeness (QED) is 0.622. The van der Waals surface area contributed by atoms with E-state index in [9.17, 15) is 0 Å². The third-order valence-electron chi connectivity index (χ3n) is 3.21. The molecule has 1 N–H and O–H groups in total. The molecule has 1 nitrogen and oxygen atoms in total. The zero-order valence-electron chi connectivity index (χ0n) is 11.0. The van der Waals surface area contributed by atoms with E-state index in [-0.39, 0.29) is 0 Å². The second-order valence-electron chi connectivity index (χ2n) is 4.58. The van der Waals surface area contributed by atoms with Crippen LogP contribution in [0.25, 0.3) is 0 Å². The molecule has 0 saturated carbocycles. The summed E-state index contributed by atoms with van der Waals surface area (Å²) in [5.74, 6) is 1.46. The highest BCUT2D eigenvalue weighted by Gasteiger charge is 2.17. The maximum absolute atomic E-state index is 3.97. The third-order valence-corrected chi connectivity index (χ3v) is 3.21. The highest BCUT2D eigenvalue weighted by atomic mass is 14.9. The zero-order chi connectivity index (χ0) is 11.8.